The molecule has 134 valence electrons. The highest BCUT2D eigenvalue weighted by Crippen LogP contribution is 2.24. The van der Waals surface area contributed by atoms with Crippen molar-refractivity contribution in [1.82, 2.24) is 15.5 Å². The summed E-state index contributed by atoms with van der Waals surface area (Å²) in [7, 11) is 0. The minimum absolute atomic E-state index is 0.0176. The summed E-state index contributed by atoms with van der Waals surface area (Å²) in [6, 6.07) is 9.74. The van der Waals surface area contributed by atoms with Crippen LogP contribution in [0.25, 0.3) is 0 Å². The van der Waals surface area contributed by atoms with Crippen molar-refractivity contribution in [3.8, 4) is 5.75 Å². The zero-order valence-electron chi connectivity index (χ0n) is 14.3. The van der Waals surface area contributed by atoms with Crippen molar-refractivity contribution in [2.75, 3.05) is 5.75 Å². The Bertz CT molecular complexity index is 677. The molecule has 0 spiro atoms. The predicted octanol–water partition coefficient (Wildman–Crippen LogP) is 3.44. The van der Waals surface area contributed by atoms with E-state index in [-0.39, 0.29) is 18.3 Å². The largest absolute Gasteiger partial charge is 0.484 e. The standard InChI is InChI=1S/C18H23N3O3S/c1-13-7-5-6-10-15(13)19-16(22)12-25-18-21-20-17(24-18)11-23-14-8-3-2-4-9-14/h2-4,8-9,13,15H,5-7,10-12H2,1H3,(H,19,22)/t13-,15+/m1/s1. The number of nitrogens with zero attached hydrogens (tertiary/aromatic N) is 2. The molecule has 2 aromatic rings. The molecular formula is C18H23N3O3S. The van der Waals surface area contributed by atoms with E-state index in [0.29, 0.717) is 23.1 Å². The van der Waals surface area contributed by atoms with Gasteiger partial charge in [0.2, 0.25) is 5.91 Å². The molecule has 1 saturated carbocycles. The lowest BCUT2D eigenvalue weighted by Gasteiger charge is -2.29. The van der Waals surface area contributed by atoms with Gasteiger partial charge in [-0.15, -0.1) is 10.2 Å². The van der Waals surface area contributed by atoms with Crippen LogP contribution >= 0.6 is 11.8 Å². The van der Waals surface area contributed by atoms with Gasteiger partial charge in [-0.1, -0.05) is 49.7 Å². The third kappa shape index (κ3) is 5.49. The molecular weight excluding hydrogens is 338 g/mol. The van der Waals surface area contributed by atoms with Crippen LogP contribution in [0.1, 0.15) is 38.5 Å². The summed E-state index contributed by atoms with van der Waals surface area (Å²) in [6.07, 6.45) is 4.71. The van der Waals surface area contributed by atoms with Crippen molar-refractivity contribution in [1.29, 1.82) is 0 Å². The highest BCUT2D eigenvalue weighted by atomic mass is 32.2. The number of hydrogen-bond donors (Lipinski definition) is 1. The molecule has 0 aliphatic heterocycles. The van der Waals surface area contributed by atoms with E-state index in [2.05, 4.69) is 22.4 Å². The van der Waals surface area contributed by atoms with Gasteiger partial charge < -0.3 is 14.5 Å². The Kier molecular flexibility index (Phi) is 6.33. The molecule has 1 N–H and O–H groups in total. The van der Waals surface area contributed by atoms with Gasteiger partial charge in [-0.2, -0.15) is 0 Å². The first-order valence-corrected chi connectivity index (χ1v) is 9.61. The Morgan fingerprint density at radius 3 is 2.88 bits per heavy atom. The molecule has 0 unspecified atom stereocenters. The van der Waals surface area contributed by atoms with Crippen molar-refractivity contribution >= 4 is 17.7 Å². The highest BCUT2D eigenvalue weighted by molar-refractivity contribution is 7.99. The Morgan fingerprint density at radius 2 is 2.08 bits per heavy atom. The smallest absolute Gasteiger partial charge is 0.277 e. The average Bonchev–Trinajstić information content (AvgIpc) is 3.09. The van der Waals surface area contributed by atoms with E-state index in [1.165, 1.54) is 31.0 Å². The van der Waals surface area contributed by atoms with Crippen LogP contribution in [0.5, 0.6) is 5.75 Å². The Hall–Kier alpha value is -2.02. The maximum absolute atomic E-state index is 12.1. The molecule has 0 bridgehead atoms. The van der Waals surface area contributed by atoms with E-state index < -0.39 is 0 Å². The molecule has 7 heteroatoms. The predicted molar refractivity (Wildman–Crippen MR) is 95.4 cm³/mol. The van der Waals surface area contributed by atoms with Gasteiger partial charge in [0.25, 0.3) is 11.1 Å². The average molecular weight is 361 g/mol. The SMILES string of the molecule is C[C@@H]1CCCC[C@@H]1NC(=O)CSc1nnc(COc2ccccc2)o1. The van der Waals surface area contributed by atoms with Crippen LogP contribution < -0.4 is 10.1 Å². The molecule has 6 nitrogen and oxygen atoms in total. The Labute approximate surface area is 151 Å². The zero-order valence-corrected chi connectivity index (χ0v) is 15.1. The molecule has 1 fully saturated rings. The summed E-state index contributed by atoms with van der Waals surface area (Å²) in [4.78, 5) is 12.1. The van der Waals surface area contributed by atoms with Crippen molar-refractivity contribution in [2.24, 2.45) is 5.92 Å². The van der Waals surface area contributed by atoms with E-state index in [1.54, 1.807) is 0 Å². The first-order chi connectivity index (χ1) is 12.2. The molecule has 2 atom stereocenters. The third-order valence-corrected chi connectivity index (χ3v) is 5.16. The van der Waals surface area contributed by atoms with E-state index in [4.69, 9.17) is 9.15 Å². The van der Waals surface area contributed by atoms with Crippen LogP contribution in [0.2, 0.25) is 0 Å². The van der Waals surface area contributed by atoms with Crippen LogP contribution in [0.15, 0.2) is 40.0 Å². The molecule has 1 aliphatic rings. The van der Waals surface area contributed by atoms with Gasteiger partial charge in [-0.05, 0) is 30.9 Å². The van der Waals surface area contributed by atoms with Crippen LogP contribution in [0.3, 0.4) is 0 Å². The zero-order chi connectivity index (χ0) is 17.5. The fourth-order valence-electron chi connectivity index (χ4n) is 2.92. The lowest BCUT2D eigenvalue weighted by molar-refractivity contribution is -0.119. The molecule has 1 heterocycles. The minimum atomic E-state index is 0.0176. The maximum atomic E-state index is 12.1. The lowest BCUT2D eigenvalue weighted by atomic mass is 9.86. The minimum Gasteiger partial charge on any atom is -0.484 e. The number of hydrogen-bond acceptors (Lipinski definition) is 6. The number of carbonyl (C=O) groups is 1. The van der Waals surface area contributed by atoms with Gasteiger partial charge in [0.15, 0.2) is 6.61 Å². The van der Waals surface area contributed by atoms with Gasteiger partial charge in [0, 0.05) is 6.04 Å². The summed E-state index contributed by atoms with van der Waals surface area (Å²) >= 11 is 1.25. The summed E-state index contributed by atoms with van der Waals surface area (Å²) < 4.78 is 11.1. The number of ether oxygens (including phenoxy) is 1. The lowest BCUT2D eigenvalue weighted by Crippen LogP contribution is -2.41. The molecule has 1 aromatic carbocycles. The molecule has 1 aliphatic carbocycles. The summed E-state index contributed by atoms with van der Waals surface area (Å²) in [5, 5.41) is 11.4. The number of carbonyl (C=O) groups excluding carboxylic acids is 1. The van der Waals surface area contributed by atoms with Crippen LogP contribution in [0, 0.1) is 5.92 Å². The monoisotopic (exact) mass is 361 g/mol. The molecule has 1 aromatic heterocycles. The van der Waals surface area contributed by atoms with Gasteiger partial charge in [0.05, 0.1) is 5.75 Å². The number of nitrogens with one attached hydrogen (secondary N) is 1. The summed E-state index contributed by atoms with van der Waals surface area (Å²) in [5.74, 6) is 1.99. The van der Waals surface area contributed by atoms with Gasteiger partial charge in [-0.25, -0.2) is 0 Å². The second-order valence-corrected chi connectivity index (χ2v) is 7.21. The summed E-state index contributed by atoms with van der Waals surface area (Å²) in [5.41, 5.74) is 0. The van der Waals surface area contributed by atoms with E-state index in [0.717, 1.165) is 12.2 Å². The molecule has 1 amide bonds. The van der Waals surface area contributed by atoms with Crippen molar-refractivity contribution in [2.45, 2.75) is 50.5 Å². The number of para-hydroxylation sites is 1. The second kappa shape index (κ2) is 8.89. The van der Waals surface area contributed by atoms with Crippen molar-refractivity contribution < 1.29 is 13.9 Å². The molecule has 3 rings (SSSR count). The molecule has 25 heavy (non-hydrogen) atoms. The van der Waals surface area contributed by atoms with Gasteiger partial charge in [-0.3, -0.25) is 4.79 Å². The summed E-state index contributed by atoms with van der Waals surface area (Å²) in [6.45, 7) is 2.41. The van der Waals surface area contributed by atoms with E-state index in [9.17, 15) is 4.79 Å². The van der Waals surface area contributed by atoms with Gasteiger partial charge in [0.1, 0.15) is 5.75 Å². The van der Waals surface area contributed by atoms with Gasteiger partial charge >= 0.3 is 0 Å². The third-order valence-electron chi connectivity index (χ3n) is 4.34. The number of rotatable bonds is 7. The first-order valence-electron chi connectivity index (χ1n) is 8.63. The Balaban J connectivity index is 1.41. The normalized spacial score (nSPS) is 20.2. The number of thioether (sulfide) groups is 1. The first kappa shape index (κ1) is 17.8. The fraction of sp³-hybridized carbons (Fsp3) is 0.500. The fourth-order valence-corrected chi connectivity index (χ4v) is 3.51. The van der Waals surface area contributed by atoms with Crippen molar-refractivity contribution in [3.63, 3.8) is 0 Å². The Morgan fingerprint density at radius 1 is 1.28 bits per heavy atom. The van der Waals surface area contributed by atoms with Crippen LogP contribution in [-0.2, 0) is 11.4 Å². The van der Waals surface area contributed by atoms with E-state index >= 15 is 0 Å². The van der Waals surface area contributed by atoms with E-state index in [1.807, 2.05) is 30.3 Å². The number of amides is 1. The van der Waals surface area contributed by atoms with Crippen LogP contribution in [0.4, 0.5) is 0 Å². The molecule has 0 radical (unpaired) electrons. The van der Waals surface area contributed by atoms with Crippen LogP contribution in [-0.4, -0.2) is 27.9 Å². The quantitative estimate of drug-likeness (QED) is 0.761. The molecule has 0 saturated heterocycles. The second-order valence-electron chi connectivity index (χ2n) is 6.29. The number of benzene rings is 1. The highest BCUT2D eigenvalue weighted by Gasteiger charge is 2.23. The number of aromatic nitrogens is 2. The maximum Gasteiger partial charge on any atom is 0.277 e. The topological polar surface area (TPSA) is 77.2 Å². The van der Waals surface area contributed by atoms with Crippen molar-refractivity contribution in [3.05, 3.63) is 36.2 Å².